The summed E-state index contributed by atoms with van der Waals surface area (Å²) >= 11 is 0. The maximum atomic E-state index is 12.3. The van der Waals surface area contributed by atoms with E-state index in [4.69, 9.17) is 18.9 Å². The van der Waals surface area contributed by atoms with E-state index in [1.807, 2.05) is 0 Å². The maximum Gasteiger partial charge on any atom is 0.276 e. The van der Waals surface area contributed by atoms with Crippen LogP contribution in [0.4, 0.5) is 0 Å². The van der Waals surface area contributed by atoms with Crippen LogP contribution in [-0.2, 0) is 10.0 Å². The van der Waals surface area contributed by atoms with Crippen molar-refractivity contribution in [3.05, 3.63) is 42.0 Å². The molecule has 0 unspecified atom stereocenters. The molecule has 0 saturated heterocycles. The van der Waals surface area contributed by atoms with E-state index in [-0.39, 0.29) is 4.90 Å². The molecule has 8 nitrogen and oxygen atoms in total. The highest BCUT2D eigenvalue weighted by Crippen LogP contribution is 2.29. The Labute approximate surface area is 152 Å². The Balaban J connectivity index is 2.19. The molecule has 0 aliphatic rings. The normalized spacial score (nSPS) is 11.2. The third kappa shape index (κ3) is 4.37. The quantitative estimate of drug-likeness (QED) is 0.556. The summed E-state index contributed by atoms with van der Waals surface area (Å²) in [6.07, 6.45) is 1.36. The third-order valence-corrected chi connectivity index (χ3v) is 4.68. The largest absolute Gasteiger partial charge is 0.493 e. The Kier molecular flexibility index (Phi) is 6.29. The van der Waals surface area contributed by atoms with Gasteiger partial charge in [-0.25, -0.2) is 4.83 Å². The van der Waals surface area contributed by atoms with Crippen molar-refractivity contribution in [2.45, 2.75) is 4.90 Å². The molecule has 0 heterocycles. The number of methoxy groups -OCH3 is 4. The molecule has 0 spiro atoms. The SMILES string of the molecule is COc1ccc(/C=N/NS(=O)(=O)c2ccc(OC)c(OC)c2)cc1OC. The summed E-state index contributed by atoms with van der Waals surface area (Å²) in [5, 5.41) is 3.79. The van der Waals surface area contributed by atoms with E-state index in [2.05, 4.69) is 9.93 Å². The van der Waals surface area contributed by atoms with Crippen LogP contribution in [0.25, 0.3) is 0 Å². The fourth-order valence-corrected chi connectivity index (χ4v) is 2.95. The average Bonchev–Trinajstić information content (AvgIpc) is 2.66. The predicted molar refractivity (Wildman–Crippen MR) is 97.0 cm³/mol. The summed E-state index contributed by atoms with van der Waals surface area (Å²) in [7, 11) is 2.08. The van der Waals surface area contributed by atoms with E-state index in [0.717, 1.165) is 0 Å². The second-order valence-corrected chi connectivity index (χ2v) is 6.64. The standard InChI is InChI=1S/C17H20N2O6S/c1-22-14-7-5-12(9-16(14)24-3)11-18-19-26(20,21)13-6-8-15(23-2)17(10-13)25-4/h5-11,19H,1-4H3/b18-11+. The van der Waals surface area contributed by atoms with Gasteiger partial charge in [0.25, 0.3) is 10.0 Å². The molecule has 0 fully saturated rings. The van der Waals surface area contributed by atoms with E-state index in [0.29, 0.717) is 28.6 Å². The Hall–Kier alpha value is -2.94. The first-order chi connectivity index (χ1) is 12.4. The zero-order valence-corrected chi connectivity index (χ0v) is 15.7. The molecule has 0 aromatic heterocycles. The number of benzene rings is 2. The fraction of sp³-hybridized carbons (Fsp3) is 0.235. The van der Waals surface area contributed by atoms with Gasteiger partial charge in [-0.2, -0.15) is 13.5 Å². The molecule has 9 heteroatoms. The number of hydrazone groups is 1. The number of nitrogens with zero attached hydrogens (tertiary/aromatic N) is 1. The summed E-state index contributed by atoms with van der Waals surface area (Å²) in [6.45, 7) is 0. The van der Waals surface area contributed by atoms with Gasteiger partial charge in [-0.05, 0) is 35.9 Å². The van der Waals surface area contributed by atoms with Gasteiger partial charge in [0, 0.05) is 6.07 Å². The lowest BCUT2D eigenvalue weighted by atomic mass is 10.2. The first-order valence-corrected chi connectivity index (χ1v) is 8.92. The Morgan fingerprint density at radius 1 is 0.808 bits per heavy atom. The van der Waals surface area contributed by atoms with Crippen molar-refractivity contribution in [2.75, 3.05) is 28.4 Å². The summed E-state index contributed by atoms with van der Waals surface area (Å²) < 4.78 is 45.2. The molecule has 0 saturated carbocycles. The average molecular weight is 380 g/mol. The van der Waals surface area contributed by atoms with E-state index < -0.39 is 10.0 Å². The van der Waals surface area contributed by atoms with Gasteiger partial charge in [0.1, 0.15) is 0 Å². The second-order valence-electron chi connectivity index (χ2n) is 4.98. The predicted octanol–water partition coefficient (Wildman–Crippen LogP) is 2.03. The van der Waals surface area contributed by atoms with Crippen LogP contribution in [-0.4, -0.2) is 43.1 Å². The van der Waals surface area contributed by atoms with Crippen LogP contribution in [0.15, 0.2) is 46.4 Å². The van der Waals surface area contributed by atoms with Crippen LogP contribution in [0, 0.1) is 0 Å². The summed E-state index contributed by atoms with van der Waals surface area (Å²) in [4.78, 5) is 2.15. The maximum absolute atomic E-state index is 12.3. The Morgan fingerprint density at radius 2 is 1.35 bits per heavy atom. The van der Waals surface area contributed by atoms with Gasteiger partial charge in [-0.1, -0.05) is 0 Å². The second kappa shape index (κ2) is 8.43. The van der Waals surface area contributed by atoms with E-state index >= 15 is 0 Å². The molecule has 0 radical (unpaired) electrons. The lowest BCUT2D eigenvalue weighted by molar-refractivity contribution is 0.354. The van der Waals surface area contributed by atoms with Crippen LogP contribution >= 0.6 is 0 Å². The number of hydrogen-bond donors (Lipinski definition) is 1. The number of rotatable bonds is 8. The molecule has 26 heavy (non-hydrogen) atoms. The van der Waals surface area contributed by atoms with Gasteiger partial charge < -0.3 is 18.9 Å². The van der Waals surface area contributed by atoms with Crippen molar-refractivity contribution >= 4 is 16.2 Å². The molecule has 140 valence electrons. The fourth-order valence-electron chi connectivity index (χ4n) is 2.14. The minimum Gasteiger partial charge on any atom is -0.493 e. The number of ether oxygens (including phenoxy) is 4. The van der Waals surface area contributed by atoms with Gasteiger partial charge in [-0.15, -0.1) is 0 Å². The summed E-state index contributed by atoms with van der Waals surface area (Å²) in [6, 6.07) is 9.35. The molecular weight excluding hydrogens is 360 g/mol. The van der Waals surface area contributed by atoms with Crippen molar-refractivity contribution < 1.29 is 27.4 Å². The van der Waals surface area contributed by atoms with Crippen LogP contribution < -0.4 is 23.8 Å². The molecule has 0 aliphatic heterocycles. The van der Waals surface area contributed by atoms with Crippen molar-refractivity contribution in [3.63, 3.8) is 0 Å². The molecule has 2 rings (SSSR count). The van der Waals surface area contributed by atoms with Crippen LogP contribution in [0.2, 0.25) is 0 Å². The van der Waals surface area contributed by atoms with Gasteiger partial charge >= 0.3 is 0 Å². The van der Waals surface area contributed by atoms with Crippen LogP contribution in [0.5, 0.6) is 23.0 Å². The molecule has 0 bridgehead atoms. The molecular formula is C17H20N2O6S. The van der Waals surface area contributed by atoms with E-state index in [1.165, 1.54) is 52.9 Å². The molecule has 0 aliphatic carbocycles. The highest BCUT2D eigenvalue weighted by atomic mass is 32.2. The zero-order chi connectivity index (χ0) is 19.2. The monoisotopic (exact) mass is 380 g/mol. The van der Waals surface area contributed by atoms with Gasteiger partial charge in [-0.3, -0.25) is 0 Å². The molecule has 2 aromatic rings. The van der Waals surface area contributed by atoms with Crippen molar-refractivity contribution in [3.8, 4) is 23.0 Å². The van der Waals surface area contributed by atoms with Gasteiger partial charge in [0.2, 0.25) is 0 Å². The van der Waals surface area contributed by atoms with Gasteiger partial charge in [0.05, 0.1) is 39.5 Å². The highest BCUT2D eigenvalue weighted by Gasteiger charge is 2.16. The van der Waals surface area contributed by atoms with E-state index in [9.17, 15) is 8.42 Å². The summed E-state index contributed by atoms with van der Waals surface area (Å²) in [5.74, 6) is 1.81. The molecule has 0 atom stereocenters. The zero-order valence-electron chi connectivity index (χ0n) is 14.8. The van der Waals surface area contributed by atoms with Crippen LogP contribution in [0.1, 0.15) is 5.56 Å². The first kappa shape index (κ1) is 19.4. The Bertz CT molecular complexity index is 896. The lowest BCUT2D eigenvalue weighted by Crippen LogP contribution is -2.18. The first-order valence-electron chi connectivity index (χ1n) is 7.44. The third-order valence-electron chi connectivity index (χ3n) is 3.46. The molecule has 1 N–H and O–H groups in total. The number of nitrogens with one attached hydrogen (secondary N) is 1. The van der Waals surface area contributed by atoms with E-state index in [1.54, 1.807) is 18.2 Å². The van der Waals surface area contributed by atoms with Crippen molar-refractivity contribution in [2.24, 2.45) is 5.10 Å². The minimum atomic E-state index is -3.86. The molecule has 2 aromatic carbocycles. The minimum absolute atomic E-state index is 0.000360. The number of sulfonamides is 1. The smallest absolute Gasteiger partial charge is 0.276 e. The van der Waals surface area contributed by atoms with Gasteiger partial charge in [0.15, 0.2) is 23.0 Å². The summed E-state index contributed by atoms with van der Waals surface area (Å²) in [5.41, 5.74) is 0.637. The highest BCUT2D eigenvalue weighted by molar-refractivity contribution is 7.89. The lowest BCUT2D eigenvalue weighted by Gasteiger charge is -2.10. The van der Waals surface area contributed by atoms with Crippen LogP contribution in [0.3, 0.4) is 0 Å². The molecule has 0 amide bonds. The van der Waals surface area contributed by atoms with Crippen molar-refractivity contribution in [1.29, 1.82) is 0 Å². The Morgan fingerprint density at radius 3 is 1.92 bits per heavy atom. The van der Waals surface area contributed by atoms with Crippen molar-refractivity contribution in [1.82, 2.24) is 4.83 Å². The topological polar surface area (TPSA) is 95.5 Å². The number of hydrogen-bond acceptors (Lipinski definition) is 7.